The summed E-state index contributed by atoms with van der Waals surface area (Å²) in [5.74, 6) is 0.751. The summed E-state index contributed by atoms with van der Waals surface area (Å²) in [5.41, 5.74) is 1.15. The molecule has 118 valence electrons. The zero-order chi connectivity index (χ0) is 15.6. The molecular weight excluding hydrogens is 322 g/mol. The number of hydrogen-bond acceptors (Lipinski definition) is 5. The van der Waals surface area contributed by atoms with Crippen molar-refractivity contribution in [2.75, 3.05) is 16.8 Å². The lowest BCUT2D eigenvalue weighted by Gasteiger charge is -2.13. The number of nitrogens with zero attached hydrogens (tertiary/aromatic N) is 2. The number of hydrogen-bond donors (Lipinski definition) is 1. The minimum atomic E-state index is -2.98. The van der Waals surface area contributed by atoms with E-state index in [4.69, 9.17) is 0 Å². The molecule has 2 aromatic rings. The van der Waals surface area contributed by atoms with Crippen molar-refractivity contribution in [3.8, 4) is 0 Å². The highest BCUT2D eigenvalue weighted by atomic mass is 32.2. The summed E-state index contributed by atoms with van der Waals surface area (Å²) in [6, 6.07) is 3.52. The molecule has 1 atom stereocenters. The van der Waals surface area contributed by atoms with Crippen molar-refractivity contribution in [3.05, 3.63) is 34.7 Å². The van der Waals surface area contributed by atoms with E-state index < -0.39 is 9.84 Å². The van der Waals surface area contributed by atoms with Crippen molar-refractivity contribution in [2.45, 2.75) is 25.3 Å². The second kappa shape index (κ2) is 6.21. The zero-order valence-corrected chi connectivity index (χ0v) is 13.6. The van der Waals surface area contributed by atoms with Gasteiger partial charge in [-0.05, 0) is 35.2 Å². The number of aromatic nitrogens is 2. The minimum Gasteiger partial charge on any atom is -0.311 e. The van der Waals surface area contributed by atoms with Crippen LogP contribution in [0.25, 0.3) is 0 Å². The van der Waals surface area contributed by atoms with E-state index in [1.807, 2.05) is 16.8 Å². The Hall–Kier alpha value is -1.67. The van der Waals surface area contributed by atoms with Gasteiger partial charge in [0, 0.05) is 12.5 Å². The first kappa shape index (κ1) is 15.2. The van der Waals surface area contributed by atoms with E-state index in [1.54, 1.807) is 28.3 Å². The van der Waals surface area contributed by atoms with Crippen LogP contribution in [0.3, 0.4) is 0 Å². The molecule has 1 N–H and O–H groups in total. The average molecular weight is 339 g/mol. The summed E-state index contributed by atoms with van der Waals surface area (Å²) in [4.78, 5) is 12.0. The van der Waals surface area contributed by atoms with Gasteiger partial charge in [0.25, 0.3) is 0 Å². The maximum Gasteiger partial charge on any atom is 0.225 e. The predicted octanol–water partition coefficient (Wildman–Crippen LogP) is 1.88. The van der Waals surface area contributed by atoms with E-state index in [9.17, 15) is 13.2 Å². The highest BCUT2D eigenvalue weighted by molar-refractivity contribution is 7.91. The van der Waals surface area contributed by atoms with E-state index >= 15 is 0 Å². The molecule has 1 amide bonds. The number of carbonyl (C=O) groups is 1. The number of sulfone groups is 1. The lowest BCUT2D eigenvalue weighted by molar-refractivity contribution is -0.116. The first-order valence-electron chi connectivity index (χ1n) is 7.08. The quantitative estimate of drug-likeness (QED) is 0.902. The number of rotatable bonds is 5. The fourth-order valence-electron chi connectivity index (χ4n) is 2.57. The van der Waals surface area contributed by atoms with Crippen molar-refractivity contribution in [1.82, 2.24) is 9.78 Å². The standard InChI is InChI=1S/C14H17N3O3S2/c18-14(2-1-11-4-7-21-9-11)16-13-3-6-15-17(13)12-5-8-22(19,20)10-12/h3-4,6-7,9,12H,1-2,5,8,10H2,(H,16,18)/t12-/m1/s1. The molecule has 1 aliphatic rings. The van der Waals surface area contributed by atoms with Gasteiger partial charge < -0.3 is 5.32 Å². The van der Waals surface area contributed by atoms with Crippen molar-refractivity contribution >= 4 is 32.9 Å². The van der Waals surface area contributed by atoms with E-state index in [1.165, 1.54) is 0 Å². The molecule has 22 heavy (non-hydrogen) atoms. The first-order valence-corrected chi connectivity index (χ1v) is 9.85. The van der Waals surface area contributed by atoms with E-state index in [-0.39, 0.29) is 23.5 Å². The summed E-state index contributed by atoms with van der Waals surface area (Å²) < 4.78 is 24.8. The van der Waals surface area contributed by atoms with E-state index in [2.05, 4.69) is 10.4 Å². The monoisotopic (exact) mass is 339 g/mol. The Morgan fingerprint density at radius 2 is 2.32 bits per heavy atom. The molecule has 1 saturated heterocycles. The molecule has 0 unspecified atom stereocenters. The Morgan fingerprint density at radius 3 is 3.00 bits per heavy atom. The minimum absolute atomic E-state index is 0.0891. The Balaban J connectivity index is 1.61. The molecule has 3 rings (SSSR count). The van der Waals surface area contributed by atoms with Crippen molar-refractivity contribution in [3.63, 3.8) is 0 Å². The second-order valence-corrected chi connectivity index (χ2v) is 8.41. The Bertz CT molecular complexity index is 750. The fraction of sp³-hybridized carbons (Fsp3) is 0.429. The maximum absolute atomic E-state index is 12.0. The van der Waals surface area contributed by atoms with Crippen LogP contribution in [0.15, 0.2) is 29.1 Å². The van der Waals surface area contributed by atoms with Gasteiger partial charge in [-0.15, -0.1) is 0 Å². The highest BCUT2D eigenvalue weighted by Crippen LogP contribution is 2.26. The summed E-state index contributed by atoms with van der Waals surface area (Å²) in [5, 5.41) is 11.0. The third-order valence-corrected chi connectivity index (χ3v) is 6.20. The number of amides is 1. The van der Waals surface area contributed by atoms with Crippen LogP contribution < -0.4 is 5.32 Å². The largest absolute Gasteiger partial charge is 0.311 e. The molecule has 2 aromatic heterocycles. The van der Waals surface area contributed by atoms with Crippen LogP contribution in [0.2, 0.25) is 0 Å². The lowest BCUT2D eigenvalue weighted by atomic mass is 10.2. The topological polar surface area (TPSA) is 81.1 Å². The molecule has 0 spiro atoms. The molecule has 8 heteroatoms. The van der Waals surface area contributed by atoms with Gasteiger partial charge in [0.1, 0.15) is 5.82 Å². The maximum atomic E-state index is 12.0. The predicted molar refractivity (Wildman–Crippen MR) is 85.8 cm³/mol. The van der Waals surface area contributed by atoms with Gasteiger partial charge in [0.2, 0.25) is 5.91 Å². The van der Waals surface area contributed by atoms with Gasteiger partial charge in [-0.25, -0.2) is 13.1 Å². The number of aryl methyl sites for hydroxylation is 1. The van der Waals surface area contributed by atoms with Gasteiger partial charge in [-0.2, -0.15) is 16.4 Å². The third-order valence-electron chi connectivity index (χ3n) is 3.71. The van der Waals surface area contributed by atoms with Crippen molar-refractivity contribution in [2.24, 2.45) is 0 Å². The van der Waals surface area contributed by atoms with E-state index in [0.29, 0.717) is 25.1 Å². The smallest absolute Gasteiger partial charge is 0.225 e. The third kappa shape index (κ3) is 3.56. The van der Waals surface area contributed by atoms with Crippen LogP contribution in [-0.2, 0) is 21.1 Å². The number of carbonyl (C=O) groups excluding carboxylic acids is 1. The SMILES string of the molecule is O=C(CCc1ccsc1)Nc1ccnn1[C@@H]1CCS(=O)(=O)C1. The Labute approximate surface area is 133 Å². The lowest BCUT2D eigenvalue weighted by Crippen LogP contribution is -2.19. The summed E-state index contributed by atoms with van der Waals surface area (Å²) in [7, 11) is -2.98. The van der Waals surface area contributed by atoms with Crippen LogP contribution in [0.4, 0.5) is 5.82 Å². The molecule has 0 aromatic carbocycles. The number of nitrogens with one attached hydrogen (secondary N) is 1. The van der Waals surface area contributed by atoms with Crippen LogP contribution >= 0.6 is 11.3 Å². The van der Waals surface area contributed by atoms with Crippen LogP contribution in [0.5, 0.6) is 0 Å². The van der Waals surface area contributed by atoms with Gasteiger partial charge in [0.05, 0.1) is 23.7 Å². The summed E-state index contributed by atoms with van der Waals surface area (Å²) in [6.07, 6.45) is 3.22. The van der Waals surface area contributed by atoms with Crippen molar-refractivity contribution < 1.29 is 13.2 Å². The molecule has 1 fully saturated rings. The molecule has 6 nitrogen and oxygen atoms in total. The van der Waals surface area contributed by atoms with Crippen molar-refractivity contribution in [1.29, 1.82) is 0 Å². The molecule has 3 heterocycles. The van der Waals surface area contributed by atoms with Gasteiger partial charge in [-0.3, -0.25) is 4.79 Å². The molecule has 0 bridgehead atoms. The van der Waals surface area contributed by atoms with Gasteiger partial charge >= 0.3 is 0 Å². The summed E-state index contributed by atoms with van der Waals surface area (Å²) in [6.45, 7) is 0. The van der Waals surface area contributed by atoms with Gasteiger partial charge in [-0.1, -0.05) is 0 Å². The van der Waals surface area contributed by atoms with Crippen LogP contribution in [-0.4, -0.2) is 35.6 Å². The molecule has 1 aliphatic heterocycles. The number of anilines is 1. The Kier molecular flexibility index (Phi) is 4.30. The molecule has 0 radical (unpaired) electrons. The average Bonchev–Trinajstić information content (AvgIpc) is 3.17. The van der Waals surface area contributed by atoms with Gasteiger partial charge in [0.15, 0.2) is 9.84 Å². The highest BCUT2D eigenvalue weighted by Gasteiger charge is 2.30. The summed E-state index contributed by atoms with van der Waals surface area (Å²) >= 11 is 1.61. The van der Waals surface area contributed by atoms with Crippen LogP contribution in [0, 0.1) is 0 Å². The first-order chi connectivity index (χ1) is 10.5. The van der Waals surface area contributed by atoms with Crippen LogP contribution in [0.1, 0.15) is 24.4 Å². The Morgan fingerprint density at radius 1 is 1.45 bits per heavy atom. The molecule has 0 aliphatic carbocycles. The van der Waals surface area contributed by atoms with E-state index in [0.717, 1.165) is 5.56 Å². The second-order valence-electron chi connectivity index (χ2n) is 5.40. The molecular formula is C14H17N3O3S2. The fourth-order valence-corrected chi connectivity index (χ4v) is 4.97. The number of thiophene rings is 1. The zero-order valence-electron chi connectivity index (χ0n) is 11.9. The molecule has 0 saturated carbocycles. The normalized spacial score (nSPS) is 20.1.